The van der Waals surface area contributed by atoms with E-state index >= 15 is 0 Å². The van der Waals surface area contributed by atoms with Crippen molar-refractivity contribution in [3.63, 3.8) is 0 Å². The summed E-state index contributed by atoms with van der Waals surface area (Å²) in [6.07, 6.45) is 2.45. The molecule has 0 bridgehead atoms. The normalized spacial score (nSPS) is 15.1. The number of ether oxygens (including phenoxy) is 1. The molecular weight excluding hydrogens is 348 g/mol. The van der Waals surface area contributed by atoms with Crippen molar-refractivity contribution in [1.82, 2.24) is 24.2 Å². The maximum absolute atomic E-state index is 12.8. The fraction of sp³-hybridized carbons (Fsp3) is 0.556. The molecule has 2 aromatic heterocycles. The average Bonchev–Trinajstić information content (AvgIpc) is 3.01. The zero-order chi connectivity index (χ0) is 19.4. The number of anilines is 1. The summed E-state index contributed by atoms with van der Waals surface area (Å²) in [4.78, 5) is 32.0. The van der Waals surface area contributed by atoms with Crippen molar-refractivity contribution >= 4 is 11.9 Å². The number of amides is 1. The second-order valence-corrected chi connectivity index (χ2v) is 6.61. The number of pyridine rings is 1. The van der Waals surface area contributed by atoms with Crippen LogP contribution in [-0.2, 0) is 24.8 Å². The Hall–Kier alpha value is -2.52. The Labute approximate surface area is 157 Å². The van der Waals surface area contributed by atoms with Crippen molar-refractivity contribution in [3.05, 3.63) is 39.6 Å². The average molecular weight is 374 g/mol. The van der Waals surface area contributed by atoms with Crippen molar-refractivity contribution < 1.29 is 9.53 Å². The molecule has 1 saturated heterocycles. The zero-order valence-electron chi connectivity index (χ0n) is 16.1. The molecule has 3 heterocycles. The van der Waals surface area contributed by atoms with Crippen LogP contribution in [0.25, 0.3) is 0 Å². The molecule has 0 aromatic carbocycles. The highest BCUT2D eigenvalue weighted by Crippen LogP contribution is 2.08. The molecule has 0 atom stereocenters. The van der Waals surface area contributed by atoms with E-state index in [1.165, 1.54) is 0 Å². The lowest BCUT2D eigenvalue weighted by molar-refractivity contribution is 0.0363. The second-order valence-electron chi connectivity index (χ2n) is 6.61. The molecule has 0 spiro atoms. The number of nitrogens with one attached hydrogen (secondary N) is 1. The maximum Gasteiger partial charge on any atom is 0.263 e. The number of aryl methyl sites for hydroxylation is 3. The van der Waals surface area contributed by atoms with Gasteiger partial charge in [-0.3, -0.25) is 24.5 Å². The zero-order valence-corrected chi connectivity index (χ0v) is 16.1. The van der Waals surface area contributed by atoms with Crippen LogP contribution in [0.1, 0.15) is 28.7 Å². The van der Waals surface area contributed by atoms with Crippen molar-refractivity contribution in [2.75, 3.05) is 38.2 Å². The van der Waals surface area contributed by atoms with Crippen molar-refractivity contribution in [2.45, 2.75) is 26.8 Å². The Morgan fingerprint density at radius 2 is 2.04 bits per heavy atom. The number of rotatable bonds is 6. The van der Waals surface area contributed by atoms with E-state index in [1.807, 2.05) is 6.92 Å². The lowest BCUT2D eigenvalue weighted by atomic mass is 10.1. The molecule has 9 heteroatoms. The molecule has 2 aromatic rings. The fourth-order valence-corrected chi connectivity index (χ4v) is 3.13. The van der Waals surface area contributed by atoms with E-state index in [-0.39, 0.29) is 17.1 Å². The lowest BCUT2D eigenvalue weighted by Crippen LogP contribution is -2.40. The highest BCUT2D eigenvalue weighted by molar-refractivity contribution is 6.04. The standard InChI is InChI=1S/C18H26N6O3/c1-4-14-19-18(21-22(14)3)20-16(25)15-13(2)5-6-24(17(15)26)8-7-23-9-11-27-12-10-23/h5-6H,4,7-12H2,1-3H3,(H,20,21,25). The Kier molecular flexibility index (Phi) is 6.02. The van der Waals surface area contributed by atoms with Crippen LogP contribution in [0, 0.1) is 6.92 Å². The third-order valence-corrected chi connectivity index (χ3v) is 4.76. The number of hydrogen-bond donors (Lipinski definition) is 1. The number of aromatic nitrogens is 4. The molecule has 0 radical (unpaired) electrons. The number of nitrogens with zero attached hydrogens (tertiary/aromatic N) is 5. The van der Waals surface area contributed by atoms with Crippen molar-refractivity contribution in [3.8, 4) is 0 Å². The van der Waals surface area contributed by atoms with Gasteiger partial charge in [-0.25, -0.2) is 0 Å². The summed E-state index contributed by atoms with van der Waals surface area (Å²) in [7, 11) is 1.77. The van der Waals surface area contributed by atoms with Gasteiger partial charge in [0.1, 0.15) is 11.4 Å². The minimum absolute atomic E-state index is 0.130. The van der Waals surface area contributed by atoms with Crippen LogP contribution in [0.5, 0.6) is 0 Å². The van der Waals surface area contributed by atoms with Gasteiger partial charge in [0.25, 0.3) is 11.5 Å². The predicted octanol–water partition coefficient (Wildman–Crippen LogP) is 0.432. The fourth-order valence-electron chi connectivity index (χ4n) is 3.13. The predicted molar refractivity (Wildman–Crippen MR) is 101 cm³/mol. The van der Waals surface area contributed by atoms with E-state index < -0.39 is 5.91 Å². The molecule has 1 aliphatic heterocycles. The quantitative estimate of drug-likeness (QED) is 0.788. The molecule has 9 nitrogen and oxygen atoms in total. The van der Waals surface area contributed by atoms with Crippen LogP contribution in [0.4, 0.5) is 5.95 Å². The molecule has 1 amide bonds. The number of hydrogen-bond acceptors (Lipinski definition) is 6. The first kappa shape index (κ1) is 19.2. The second kappa shape index (κ2) is 8.45. The van der Waals surface area contributed by atoms with Crippen molar-refractivity contribution in [2.24, 2.45) is 7.05 Å². The monoisotopic (exact) mass is 374 g/mol. The lowest BCUT2D eigenvalue weighted by Gasteiger charge is -2.26. The Bertz CT molecular complexity index is 866. The van der Waals surface area contributed by atoms with E-state index in [0.29, 0.717) is 31.7 Å². The molecule has 0 unspecified atom stereocenters. The third-order valence-electron chi connectivity index (χ3n) is 4.76. The first-order chi connectivity index (χ1) is 13.0. The van der Waals surface area contributed by atoms with Gasteiger partial charge in [-0.2, -0.15) is 4.98 Å². The Morgan fingerprint density at radius 3 is 2.70 bits per heavy atom. The summed E-state index contributed by atoms with van der Waals surface area (Å²) >= 11 is 0. The van der Waals surface area contributed by atoms with Gasteiger partial charge in [0.15, 0.2) is 0 Å². The highest BCUT2D eigenvalue weighted by atomic mass is 16.5. The smallest absolute Gasteiger partial charge is 0.263 e. The van der Waals surface area contributed by atoms with Crippen LogP contribution in [0.3, 0.4) is 0 Å². The summed E-state index contributed by atoms with van der Waals surface area (Å²) in [5.74, 6) is 0.492. The van der Waals surface area contributed by atoms with Crippen LogP contribution in [0.2, 0.25) is 0 Å². The van der Waals surface area contributed by atoms with E-state index in [0.717, 1.165) is 25.5 Å². The summed E-state index contributed by atoms with van der Waals surface area (Å²) in [6.45, 7) is 8.14. The van der Waals surface area contributed by atoms with Crippen LogP contribution in [-0.4, -0.2) is 63.0 Å². The van der Waals surface area contributed by atoms with Crippen LogP contribution in [0.15, 0.2) is 17.1 Å². The molecule has 1 aliphatic rings. The van der Waals surface area contributed by atoms with Gasteiger partial charge >= 0.3 is 0 Å². The largest absolute Gasteiger partial charge is 0.379 e. The maximum atomic E-state index is 12.8. The SMILES string of the molecule is CCc1nc(NC(=O)c2c(C)ccn(CCN3CCOCC3)c2=O)nn1C. The molecule has 1 N–H and O–H groups in total. The number of carbonyl (C=O) groups is 1. The van der Waals surface area contributed by atoms with Crippen LogP contribution >= 0.6 is 0 Å². The minimum atomic E-state index is -0.480. The molecular formula is C18H26N6O3. The van der Waals surface area contributed by atoms with E-state index in [9.17, 15) is 9.59 Å². The summed E-state index contributed by atoms with van der Waals surface area (Å²) < 4.78 is 8.54. The summed E-state index contributed by atoms with van der Waals surface area (Å²) in [5, 5.41) is 6.82. The molecule has 0 aliphatic carbocycles. The van der Waals surface area contributed by atoms with Gasteiger partial charge in [0.2, 0.25) is 5.95 Å². The Balaban J connectivity index is 1.75. The van der Waals surface area contributed by atoms with E-state index in [2.05, 4.69) is 20.3 Å². The first-order valence-corrected chi connectivity index (χ1v) is 9.21. The van der Waals surface area contributed by atoms with Crippen LogP contribution < -0.4 is 10.9 Å². The molecule has 0 saturated carbocycles. The van der Waals surface area contributed by atoms with E-state index in [4.69, 9.17) is 4.74 Å². The van der Waals surface area contributed by atoms with E-state index in [1.54, 1.807) is 35.5 Å². The van der Waals surface area contributed by atoms with Gasteiger partial charge in [-0.1, -0.05) is 6.92 Å². The number of morpholine rings is 1. The molecule has 1 fully saturated rings. The summed E-state index contributed by atoms with van der Waals surface area (Å²) in [5.41, 5.74) is 0.462. The highest BCUT2D eigenvalue weighted by Gasteiger charge is 2.19. The van der Waals surface area contributed by atoms with Gasteiger partial charge in [0, 0.05) is 45.8 Å². The molecule has 146 valence electrons. The third kappa shape index (κ3) is 4.42. The summed E-state index contributed by atoms with van der Waals surface area (Å²) in [6, 6.07) is 1.79. The minimum Gasteiger partial charge on any atom is -0.379 e. The van der Waals surface area contributed by atoms with Gasteiger partial charge in [-0.15, -0.1) is 5.10 Å². The van der Waals surface area contributed by atoms with Gasteiger partial charge in [-0.05, 0) is 18.6 Å². The van der Waals surface area contributed by atoms with Gasteiger partial charge in [0.05, 0.1) is 13.2 Å². The molecule has 27 heavy (non-hydrogen) atoms. The van der Waals surface area contributed by atoms with Crippen molar-refractivity contribution in [1.29, 1.82) is 0 Å². The Morgan fingerprint density at radius 1 is 1.30 bits per heavy atom. The first-order valence-electron chi connectivity index (χ1n) is 9.21. The topological polar surface area (TPSA) is 94.3 Å². The van der Waals surface area contributed by atoms with Gasteiger partial charge < -0.3 is 9.30 Å². The molecule has 3 rings (SSSR count). The number of carbonyl (C=O) groups excluding carboxylic acids is 1.